The van der Waals surface area contributed by atoms with E-state index in [1.54, 1.807) is 12.0 Å². The Morgan fingerprint density at radius 1 is 1.33 bits per heavy atom. The minimum atomic E-state index is -0.916. The Morgan fingerprint density at radius 2 is 2.03 bits per heavy atom. The average Bonchev–Trinajstić information content (AvgIpc) is 3.64. The van der Waals surface area contributed by atoms with Crippen molar-refractivity contribution in [1.29, 1.82) is 0 Å². The van der Waals surface area contributed by atoms with Crippen LogP contribution in [-0.4, -0.2) is 64.8 Å². The van der Waals surface area contributed by atoms with Crippen LogP contribution in [0, 0.1) is 11.8 Å². The highest BCUT2D eigenvalue weighted by Gasteiger charge is 2.53. The van der Waals surface area contributed by atoms with Crippen LogP contribution in [-0.2, 0) is 14.3 Å². The lowest BCUT2D eigenvalue weighted by atomic mass is 9.86. The predicted molar refractivity (Wildman–Crippen MR) is 136 cm³/mol. The molecule has 1 aromatic carbocycles. The minimum Gasteiger partial charge on any atom is -0.485 e. The molecule has 2 heterocycles. The molecule has 5 atom stereocenters. The van der Waals surface area contributed by atoms with Gasteiger partial charge in [-0.15, -0.1) is 0 Å². The van der Waals surface area contributed by atoms with Gasteiger partial charge in [-0.3, -0.25) is 14.5 Å². The summed E-state index contributed by atoms with van der Waals surface area (Å²) >= 11 is 0. The molecule has 1 aliphatic carbocycles. The van der Waals surface area contributed by atoms with E-state index in [0.717, 1.165) is 18.4 Å². The van der Waals surface area contributed by atoms with Crippen molar-refractivity contribution in [3.8, 4) is 5.75 Å². The maximum Gasteiger partial charge on any atom is 0.231 e. The number of nitrogens with two attached hydrogens (primary N) is 1. The first-order valence-corrected chi connectivity index (χ1v) is 13.0. The molecule has 1 saturated carbocycles. The molecule has 0 bridgehead atoms. The number of fused-ring (bicyclic) bond motifs is 1. The van der Waals surface area contributed by atoms with Crippen molar-refractivity contribution in [2.45, 2.75) is 89.1 Å². The first kappa shape index (κ1) is 26.4. The van der Waals surface area contributed by atoms with Gasteiger partial charge in [0.2, 0.25) is 11.8 Å². The molecule has 0 saturated heterocycles. The molecule has 9 heteroatoms. The summed E-state index contributed by atoms with van der Waals surface area (Å²) in [6.45, 7) is 8.11. The number of carbonyl (C=O) groups is 2. The summed E-state index contributed by atoms with van der Waals surface area (Å²) in [7, 11) is 1.62. The van der Waals surface area contributed by atoms with Gasteiger partial charge in [0.1, 0.15) is 17.5 Å². The quantitative estimate of drug-likeness (QED) is 0.478. The molecule has 9 nitrogen and oxygen atoms in total. The minimum absolute atomic E-state index is 0.0473. The third-order valence-electron chi connectivity index (χ3n) is 8.24. The predicted octanol–water partition coefficient (Wildman–Crippen LogP) is 2.52. The summed E-state index contributed by atoms with van der Waals surface area (Å²) in [6, 6.07) is 6.59. The lowest BCUT2D eigenvalue weighted by Crippen LogP contribution is -2.56. The molecule has 36 heavy (non-hydrogen) atoms. The van der Waals surface area contributed by atoms with Crippen LogP contribution in [0.1, 0.15) is 71.4 Å². The molecule has 198 valence electrons. The van der Waals surface area contributed by atoms with Crippen molar-refractivity contribution in [2.24, 2.45) is 22.6 Å². The second-order valence-corrected chi connectivity index (χ2v) is 10.9. The zero-order chi connectivity index (χ0) is 26.3. The zero-order valence-electron chi connectivity index (χ0n) is 22.0. The van der Waals surface area contributed by atoms with E-state index in [-0.39, 0.29) is 35.7 Å². The summed E-state index contributed by atoms with van der Waals surface area (Å²) in [6.07, 6.45) is 2.08. The van der Waals surface area contributed by atoms with Gasteiger partial charge in [-0.05, 0) is 51.5 Å². The lowest BCUT2D eigenvalue weighted by Gasteiger charge is -2.42. The number of hydrogen-bond donors (Lipinski definition) is 3. The Morgan fingerprint density at radius 3 is 2.67 bits per heavy atom. The number of guanidine groups is 1. The molecule has 1 aromatic rings. The van der Waals surface area contributed by atoms with Crippen LogP contribution >= 0.6 is 0 Å². The molecular weight excluding hydrogens is 460 g/mol. The van der Waals surface area contributed by atoms with Gasteiger partial charge in [0, 0.05) is 31.2 Å². The number of nitrogens with zero attached hydrogens (tertiary/aromatic N) is 2. The van der Waals surface area contributed by atoms with Crippen molar-refractivity contribution < 1.29 is 24.2 Å². The van der Waals surface area contributed by atoms with E-state index in [9.17, 15) is 14.7 Å². The van der Waals surface area contributed by atoms with Crippen LogP contribution in [0.3, 0.4) is 0 Å². The maximum absolute atomic E-state index is 13.4. The van der Waals surface area contributed by atoms with Crippen LogP contribution in [0.2, 0.25) is 0 Å². The van der Waals surface area contributed by atoms with Crippen LogP contribution in [0.15, 0.2) is 29.3 Å². The first-order chi connectivity index (χ1) is 17.1. The van der Waals surface area contributed by atoms with E-state index in [4.69, 9.17) is 20.2 Å². The van der Waals surface area contributed by atoms with Gasteiger partial charge in [-0.25, -0.2) is 4.99 Å². The molecule has 0 aromatic heterocycles. The molecular formula is C27H40N4O5. The summed E-state index contributed by atoms with van der Waals surface area (Å²) < 4.78 is 11.3. The third kappa shape index (κ3) is 4.83. The molecule has 4 N–H and O–H groups in total. The number of benzene rings is 1. The molecule has 0 radical (unpaired) electrons. The number of amides is 2. The van der Waals surface area contributed by atoms with Gasteiger partial charge < -0.3 is 25.6 Å². The Labute approximate surface area is 213 Å². The number of para-hydroxylation sites is 1. The Kier molecular flexibility index (Phi) is 7.35. The number of aliphatic hydroxyl groups is 1. The van der Waals surface area contributed by atoms with Crippen LogP contribution in [0.5, 0.6) is 5.75 Å². The van der Waals surface area contributed by atoms with Gasteiger partial charge in [-0.2, -0.15) is 0 Å². The second-order valence-electron chi connectivity index (χ2n) is 10.9. The van der Waals surface area contributed by atoms with E-state index < -0.39 is 23.3 Å². The first-order valence-electron chi connectivity index (χ1n) is 13.0. The van der Waals surface area contributed by atoms with Crippen molar-refractivity contribution in [3.05, 3.63) is 29.8 Å². The van der Waals surface area contributed by atoms with Crippen molar-refractivity contribution in [3.63, 3.8) is 0 Å². The number of aliphatic imine (C=N–C) groups is 1. The monoisotopic (exact) mass is 500 g/mol. The summed E-state index contributed by atoms with van der Waals surface area (Å²) in [4.78, 5) is 33.1. The maximum atomic E-state index is 13.4. The fourth-order valence-corrected chi connectivity index (χ4v) is 5.72. The SMILES string of the molecule is CCC1(CC)CC(=O)N([C@H](CCOC)C2CC2C(=O)N[C@@H]2c3ccccc3OC(C)(C)[C@H]2O)C(N)=N1. The molecule has 2 amide bonds. The van der Waals surface area contributed by atoms with E-state index in [0.29, 0.717) is 31.6 Å². The van der Waals surface area contributed by atoms with Gasteiger partial charge >= 0.3 is 0 Å². The number of aliphatic hydroxyl groups excluding tert-OH is 1. The highest BCUT2D eigenvalue weighted by atomic mass is 16.5. The summed E-state index contributed by atoms with van der Waals surface area (Å²) in [5.74, 6) is 0.347. The second kappa shape index (κ2) is 10.0. The van der Waals surface area contributed by atoms with Crippen molar-refractivity contribution in [1.82, 2.24) is 10.2 Å². The number of carbonyl (C=O) groups excluding carboxylic acids is 2. The van der Waals surface area contributed by atoms with Crippen molar-refractivity contribution in [2.75, 3.05) is 13.7 Å². The Hall–Kier alpha value is -2.65. The number of ether oxygens (including phenoxy) is 2. The highest BCUT2D eigenvalue weighted by Crippen LogP contribution is 2.47. The smallest absolute Gasteiger partial charge is 0.231 e. The molecule has 0 spiro atoms. The zero-order valence-corrected chi connectivity index (χ0v) is 22.0. The number of nitrogens with one attached hydrogen (secondary N) is 1. The van der Waals surface area contributed by atoms with Gasteiger partial charge in [0.15, 0.2) is 5.96 Å². The molecule has 2 unspecified atom stereocenters. The highest BCUT2D eigenvalue weighted by molar-refractivity contribution is 5.99. The molecule has 4 rings (SSSR count). The van der Waals surface area contributed by atoms with E-state index in [1.807, 2.05) is 52.0 Å². The molecule has 1 fully saturated rings. The summed E-state index contributed by atoms with van der Waals surface area (Å²) in [5.41, 5.74) is 5.82. The topological polar surface area (TPSA) is 126 Å². The van der Waals surface area contributed by atoms with E-state index in [1.165, 1.54) is 0 Å². The van der Waals surface area contributed by atoms with Crippen LogP contribution in [0.25, 0.3) is 0 Å². The summed E-state index contributed by atoms with van der Waals surface area (Å²) in [5, 5.41) is 14.1. The van der Waals surface area contributed by atoms with E-state index in [2.05, 4.69) is 5.32 Å². The number of rotatable bonds is 9. The van der Waals surface area contributed by atoms with Gasteiger partial charge in [0.25, 0.3) is 0 Å². The van der Waals surface area contributed by atoms with Crippen LogP contribution < -0.4 is 15.8 Å². The number of hydrogen-bond acceptors (Lipinski definition) is 7. The lowest BCUT2D eigenvalue weighted by molar-refractivity contribution is -0.133. The van der Waals surface area contributed by atoms with Gasteiger partial charge in [0.05, 0.1) is 18.0 Å². The Bertz CT molecular complexity index is 1020. The number of methoxy groups -OCH3 is 1. The normalized spacial score (nSPS) is 29.0. The largest absolute Gasteiger partial charge is 0.485 e. The third-order valence-corrected chi connectivity index (χ3v) is 8.24. The molecule has 2 aliphatic heterocycles. The van der Waals surface area contributed by atoms with Crippen molar-refractivity contribution >= 4 is 17.8 Å². The van der Waals surface area contributed by atoms with Crippen LogP contribution in [0.4, 0.5) is 0 Å². The molecule has 3 aliphatic rings. The standard InChI is InChI=1S/C27H40N4O5/c1-6-27(7-2)15-21(32)31(25(28)30-27)19(12-13-35-5)17-14-18(17)24(34)29-22-16-10-8-9-11-20(16)36-26(3,4)23(22)33/h8-11,17-19,22-23,33H,6-7,12-15H2,1-5H3,(H2,28,30)(H,29,34)/t17?,18?,19-,22-,23+/m1/s1. The fraction of sp³-hybridized carbons (Fsp3) is 0.667. The van der Waals surface area contributed by atoms with Gasteiger partial charge in [-0.1, -0.05) is 32.0 Å². The Balaban J connectivity index is 1.53. The van der Waals surface area contributed by atoms with E-state index >= 15 is 0 Å². The fourth-order valence-electron chi connectivity index (χ4n) is 5.72. The average molecular weight is 501 g/mol.